The number of halogens is 3. The number of ether oxygens (including phenoxy) is 1. The lowest BCUT2D eigenvalue weighted by molar-refractivity contribution is -0.153. The van der Waals surface area contributed by atoms with Crippen LogP contribution in [-0.2, 0) is 23.0 Å². The fourth-order valence-electron chi connectivity index (χ4n) is 3.28. The molecule has 0 fully saturated rings. The van der Waals surface area contributed by atoms with Crippen LogP contribution in [0.2, 0.25) is 0 Å². The van der Waals surface area contributed by atoms with Crippen molar-refractivity contribution in [1.82, 2.24) is 0 Å². The van der Waals surface area contributed by atoms with Crippen molar-refractivity contribution in [3.8, 4) is 5.75 Å². The second kappa shape index (κ2) is 7.90. The highest BCUT2D eigenvalue weighted by Gasteiger charge is 2.28. The van der Waals surface area contributed by atoms with Gasteiger partial charge in [-0.2, -0.15) is 13.2 Å². The Morgan fingerprint density at radius 2 is 1.93 bits per heavy atom. The molecule has 152 valence electrons. The highest BCUT2D eigenvalue weighted by Crippen LogP contribution is 2.34. The second-order valence-corrected chi connectivity index (χ2v) is 8.50. The lowest BCUT2D eigenvalue weighted by atomic mass is 9.99. The van der Waals surface area contributed by atoms with Gasteiger partial charge in [-0.15, -0.1) is 0 Å². The van der Waals surface area contributed by atoms with Crippen LogP contribution in [0.25, 0.3) is 0 Å². The maximum absolute atomic E-state index is 12.4. The summed E-state index contributed by atoms with van der Waals surface area (Å²) >= 11 is 0. The zero-order valence-electron chi connectivity index (χ0n) is 15.3. The van der Waals surface area contributed by atoms with E-state index in [0.717, 1.165) is 42.5 Å². The zero-order chi connectivity index (χ0) is 20.4. The van der Waals surface area contributed by atoms with Gasteiger partial charge in [-0.1, -0.05) is 18.2 Å². The Hall–Kier alpha value is -2.42. The Balaban J connectivity index is 1.79. The highest BCUT2D eigenvalue weighted by molar-refractivity contribution is 7.92. The molecule has 0 aliphatic carbocycles. The first-order chi connectivity index (χ1) is 13.1. The van der Waals surface area contributed by atoms with Crippen molar-refractivity contribution in [3.63, 3.8) is 0 Å². The first-order valence-electron chi connectivity index (χ1n) is 8.74. The summed E-state index contributed by atoms with van der Waals surface area (Å²) in [4.78, 5) is 2.09. The van der Waals surface area contributed by atoms with Crippen LogP contribution in [0.15, 0.2) is 42.5 Å². The minimum absolute atomic E-state index is 0.166. The molecule has 5 nitrogen and oxygen atoms in total. The van der Waals surface area contributed by atoms with Gasteiger partial charge in [-0.25, -0.2) is 8.42 Å². The molecule has 0 saturated carbocycles. The van der Waals surface area contributed by atoms with E-state index in [9.17, 15) is 21.6 Å². The molecule has 1 heterocycles. The van der Waals surface area contributed by atoms with Crippen molar-refractivity contribution < 1.29 is 26.3 Å². The Kier molecular flexibility index (Phi) is 5.74. The lowest BCUT2D eigenvalue weighted by Gasteiger charge is -2.32. The molecule has 0 unspecified atom stereocenters. The first kappa shape index (κ1) is 20.3. The second-order valence-electron chi connectivity index (χ2n) is 6.75. The number of nitrogens with one attached hydrogen (secondary N) is 1. The predicted octanol–water partition coefficient (Wildman–Crippen LogP) is 3.95. The molecule has 28 heavy (non-hydrogen) atoms. The van der Waals surface area contributed by atoms with Crippen LogP contribution >= 0.6 is 0 Å². The summed E-state index contributed by atoms with van der Waals surface area (Å²) in [6.07, 6.45) is -1.68. The third kappa shape index (κ3) is 5.54. The van der Waals surface area contributed by atoms with E-state index in [0.29, 0.717) is 12.2 Å². The SMILES string of the molecule is CS(=O)(=O)Nc1cccc2c1CCCN2Cc1cccc(OCC(F)(F)F)c1. The van der Waals surface area contributed by atoms with Crippen LogP contribution < -0.4 is 14.4 Å². The lowest BCUT2D eigenvalue weighted by Crippen LogP contribution is -2.29. The molecule has 0 spiro atoms. The smallest absolute Gasteiger partial charge is 0.422 e. The maximum atomic E-state index is 12.4. The number of anilines is 2. The molecule has 0 bridgehead atoms. The summed E-state index contributed by atoms with van der Waals surface area (Å²) in [7, 11) is -3.39. The van der Waals surface area contributed by atoms with Crippen molar-refractivity contribution in [3.05, 3.63) is 53.6 Å². The third-order valence-electron chi connectivity index (χ3n) is 4.32. The summed E-state index contributed by atoms with van der Waals surface area (Å²) in [5.41, 5.74) is 3.21. The average molecular weight is 414 g/mol. The molecule has 0 radical (unpaired) electrons. The van der Waals surface area contributed by atoms with Crippen LogP contribution in [0.1, 0.15) is 17.5 Å². The summed E-state index contributed by atoms with van der Waals surface area (Å²) in [6.45, 7) is -0.0783. The quantitative estimate of drug-likeness (QED) is 0.778. The number of benzene rings is 2. The third-order valence-corrected chi connectivity index (χ3v) is 4.91. The van der Waals surface area contributed by atoms with E-state index < -0.39 is 22.8 Å². The molecule has 1 aliphatic heterocycles. The molecule has 0 aromatic heterocycles. The topological polar surface area (TPSA) is 58.6 Å². The molecule has 0 saturated heterocycles. The van der Waals surface area contributed by atoms with Gasteiger partial charge in [0.15, 0.2) is 6.61 Å². The van der Waals surface area contributed by atoms with Crippen molar-refractivity contribution in [2.45, 2.75) is 25.6 Å². The highest BCUT2D eigenvalue weighted by atomic mass is 32.2. The van der Waals surface area contributed by atoms with Crippen LogP contribution in [0.5, 0.6) is 5.75 Å². The zero-order valence-corrected chi connectivity index (χ0v) is 16.1. The first-order valence-corrected chi connectivity index (χ1v) is 10.6. The molecule has 2 aromatic carbocycles. The van der Waals surface area contributed by atoms with E-state index >= 15 is 0 Å². The van der Waals surface area contributed by atoms with E-state index in [1.807, 2.05) is 12.1 Å². The number of hydrogen-bond donors (Lipinski definition) is 1. The number of rotatable bonds is 6. The van der Waals surface area contributed by atoms with Gasteiger partial charge in [0.25, 0.3) is 0 Å². The molecule has 9 heteroatoms. The normalized spacial score (nSPS) is 14.5. The maximum Gasteiger partial charge on any atom is 0.422 e. The van der Waals surface area contributed by atoms with E-state index in [1.165, 1.54) is 6.07 Å². The molecule has 1 N–H and O–H groups in total. The van der Waals surface area contributed by atoms with Gasteiger partial charge in [-0.3, -0.25) is 4.72 Å². The number of alkyl halides is 3. The summed E-state index contributed by atoms with van der Waals surface area (Å²) in [5.74, 6) is 0.166. The summed E-state index contributed by atoms with van der Waals surface area (Å²) in [5, 5.41) is 0. The largest absolute Gasteiger partial charge is 0.484 e. The van der Waals surface area contributed by atoms with Gasteiger partial charge in [0.2, 0.25) is 10.0 Å². The van der Waals surface area contributed by atoms with Crippen LogP contribution in [0.3, 0.4) is 0 Å². The van der Waals surface area contributed by atoms with Crippen molar-refractivity contribution in [2.24, 2.45) is 0 Å². The molecular formula is C19H21F3N2O3S. The minimum atomic E-state index is -4.38. The van der Waals surface area contributed by atoms with Crippen LogP contribution in [0.4, 0.5) is 24.5 Å². The number of sulfonamides is 1. The molecule has 0 atom stereocenters. The Bertz CT molecular complexity index is 946. The molecular weight excluding hydrogens is 393 g/mol. The van der Waals surface area contributed by atoms with Gasteiger partial charge >= 0.3 is 6.18 Å². The van der Waals surface area contributed by atoms with Gasteiger partial charge in [0.1, 0.15) is 5.75 Å². The van der Waals surface area contributed by atoms with Gasteiger partial charge < -0.3 is 9.64 Å². The summed E-state index contributed by atoms with van der Waals surface area (Å²) in [6, 6.07) is 12.0. The minimum Gasteiger partial charge on any atom is -0.484 e. The van der Waals surface area contributed by atoms with E-state index in [1.54, 1.807) is 24.3 Å². The molecule has 2 aromatic rings. The van der Waals surface area contributed by atoms with Crippen molar-refractivity contribution >= 4 is 21.4 Å². The van der Waals surface area contributed by atoms with Crippen LogP contribution in [0, 0.1) is 0 Å². The number of nitrogens with zero attached hydrogens (tertiary/aromatic N) is 1. The van der Waals surface area contributed by atoms with Gasteiger partial charge in [0.05, 0.1) is 11.9 Å². The average Bonchev–Trinajstić information content (AvgIpc) is 2.59. The number of fused-ring (bicyclic) bond motifs is 1. The van der Waals surface area contributed by atoms with Gasteiger partial charge in [-0.05, 0) is 48.2 Å². The van der Waals surface area contributed by atoms with Crippen molar-refractivity contribution in [2.75, 3.05) is 29.0 Å². The van der Waals surface area contributed by atoms with Crippen molar-refractivity contribution in [1.29, 1.82) is 0 Å². The molecule has 0 amide bonds. The fourth-order valence-corrected chi connectivity index (χ4v) is 3.87. The summed E-state index contributed by atoms with van der Waals surface area (Å²) < 4.78 is 67.7. The molecule has 1 aliphatic rings. The fraction of sp³-hybridized carbons (Fsp3) is 0.368. The standard InChI is InChI=1S/C19H21F3N2O3S/c1-28(25,26)23-17-8-3-9-18-16(17)7-4-10-24(18)12-14-5-2-6-15(11-14)27-13-19(20,21)22/h2-3,5-6,8-9,11,23H,4,7,10,12-13H2,1H3. The van der Waals surface area contributed by atoms with E-state index in [2.05, 4.69) is 9.62 Å². The Labute approximate surface area is 162 Å². The predicted molar refractivity (Wildman–Crippen MR) is 102 cm³/mol. The van der Waals surface area contributed by atoms with E-state index in [-0.39, 0.29) is 5.75 Å². The number of hydrogen-bond acceptors (Lipinski definition) is 4. The van der Waals surface area contributed by atoms with Crippen LogP contribution in [-0.4, -0.2) is 34.0 Å². The molecule has 3 rings (SSSR count). The Morgan fingerprint density at radius 1 is 1.18 bits per heavy atom. The van der Waals surface area contributed by atoms with E-state index in [4.69, 9.17) is 4.74 Å². The van der Waals surface area contributed by atoms with Gasteiger partial charge in [0, 0.05) is 18.8 Å². The monoisotopic (exact) mass is 414 g/mol. The Morgan fingerprint density at radius 3 is 2.64 bits per heavy atom.